The molecule has 118 valence electrons. The molecule has 0 amide bonds. The maximum absolute atomic E-state index is 4.53. The van der Waals surface area contributed by atoms with Crippen LogP contribution in [0.4, 0.5) is 0 Å². The lowest BCUT2D eigenvalue weighted by atomic mass is 9.76. The van der Waals surface area contributed by atoms with Gasteiger partial charge in [0.1, 0.15) is 0 Å². The minimum Gasteiger partial charge on any atom is -0.316 e. The van der Waals surface area contributed by atoms with Gasteiger partial charge in [0.05, 0.1) is 0 Å². The fraction of sp³-hybridized carbons (Fsp3) is 0.722. The van der Waals surface area contributed by atoms with Crippen LogP contribution in [0.1, 0.15) is 57.6 Å². The van der Waals surface area contributed by atoms with Crippen LogP contribution < -0.4 is 5.32 Å². The maximum atomic E-state index is 4.53. The van der Waals surface area contributed by atoms with Gasteiger partial charge in [-0.25, -0.2) is 0 Å². The fourth-order valence-corrected chi connectivity index (χ4v) is 3.86. The lowest BCUT2D eigenvalue weighted by Gasteiger charge is -2.34. The molecule has 1 fully saturated rings. The van der Waals surface area contributed by atoms with Crippen LogP contribution in [-0.4, -0.2) is 18.1 Å². The Kier molecular flexibility index (Phi) is 7.18. The number of likely N-dealkylation sites (N-methyl/N-ethyl adjacent to an activating group) is 1. The van der Waals surface area contributed by atoms with E-state index in [9.17, 15) is 0 Å². The molecule has 0 bridgehead atoms. The molecule has 1 N–H and O–H groups in total. The highest BCUT2D eigenvalue weighted by molar-refractivity contribution is 9.10. The van der Waals surface area contributed by atoms with Gasteiger partial charge < -0.3 is 5.32 Å². The predicted molar refractivity (Wildman–Crippen MR) is 93.5 cm³/mol. The highest BCUT2D eigenvalue weighted by atomic mass is 79.9. The first-order chi connectivity index (χ1) is 10.2. The van der Waals surface area contributed by atoms with Crippen molar-refractivity contribution in [3.63, 3.8) is 0 Å². The molecule has 0 aromatic carbocycles. The molecule has 1 aromatic heterocycles. The first kappa shape index (κ1) is 17.0. The topological polar surface area (TPSA) is 24.9 Å². The molecule has 21 heavy (non-hydrogen) atoms. The van der Waals surface area contributed by atoms with Gasteiger partial charge in [-0.15, -0.1) is 0 Å². The first-order valence-corrected chi connectivity index (χ1v) is 9.30. The highest BCUT2D eigenvalue weighted by Gasteiger charge is 2.26. The molecule has 1 unspecified atom stereocenters. The van der Waals surface area contributed by atoms with Crippen LogP contribution in [0.15, 0.2) is 22.8 Å². The van der Waals surface area contributed by atoms with Gasteiger partial charge in [0.2, 0.25) is 0 Å². The number of unbranched alkanes of at least 4 members (excludes halogenated alkanes) is 1. The molecule has 2 rings (SSSR count). The lowest BCUT2D eigenvalue weighted by Crippen LogP contribution is -2.37. The van der Waals surface area contributed by atoms with E-state index in [4.69, 9.17) is 0 Å². The molecule has 1 aromatic rings. The lowest BCUT2D eigenvalue weighted by molar-refractivity contribution is 0.215. The van der Waals surface area contributed by atoms with E-state index in [0.717, 1.165) is 22.7 Å². The Hall–Kier alpha value is -0.410. The van der Waals surface area contributed by atoms with E-state index in [1.54, 1.807) is 0 Å². The summed E-state index contributed by atoms with van der Waals surface area (Å²) in [6.07, 6.45) is 12.8. The molecule has 1 aliphatic rings. The molecular formula is C18H29BrN2. The third-order valence-electron chi connectivity index (χ3n) is 5.01. The Labute approximate surface area is 138 Å². The predicted octanol–water partition coefficient (Wildman–Crippen LogP) is 4.97. The molecule has 0 aliphatic heterocycles. The van der Waals surface area contributed by atoms with Crippen molar-refractivity contribution in [2.45, 2.75) is 64.3 Å². The molecule has 1 saturated carbocycles. The fourth-order valence-electron chi connectivity index (χ4n) is 3.63. The normalized spacial score (nSPS) is 24.0. The zero-order valence-electron chi connectivity index (χ0n) is 13.4. The summed E-state index contributed by atoms with van der Waals surface area (Å²) in [6, 6.07) is 4.81. The van der Waals surface area contributed by atoms with E-state index in [-0.39, 0.29) is 0 Å². The second-order valence-electron chi connectivity index (χ2n) is 6.49. The zero-order chi connectivity index (χ0) is 15.1. The summed E-state index contributed by atoms with van der Waals surface area (Å²) < 4.78 is 1.06. The van der Waals surface area contributed by atoms with Crippen molar-refractivity contribution in [3.05, 3.63) is 28.5 Å². The first-order valence-electron chi connectivity index (χ1n) is 8.50. The molecule has 0 saturated heterocycles. The average molecular weight is 353 g/mol. The third kappa shape index (κ3) is 5.37. The summed E-state index contributed by atoms with van der Waals surface area (Å²) in [5.41, 5.74) is 1.20. The maximum Gasteiger partial charge on any atom is 0.0420 e. The second-order valence-corrected chi connectivity index (χ2v) is 7.41. The van der Waals surface area contributed by atoms with Crippen LogP contribution >= 0.6 is 15.9 Å². The van der Waals surface area contributed by atoms with Gasteiger partial charge in [0, 0.05) is 28.8 Å². The quantitative estimate of drug-likeness (QED) is 0.748. The Morgan fingerprint density at radius 3 is 2.62 bits per heavy atom. The van der Waals surface area contributed by atoms with E-state index in [2.05, 4.69) is 52.3 Å². The van der Waals surface area contributed by atoms with Gasteiger partial charge in [0.15, 0.2) is 0 Å². The third-order valence-corrected chi connectivity index (χ3v) is 5.48. The van der Waals surface area contributed by atoms with Gasteiger partial charge in [-0.3, -0.25) is 4.98 Å². The minimum atomic E-state index is 0.575. The molecule has 2 nitrogen and oxygen atoms in total. The summed E-state index contributed by atoms with van der Waals surface area (Å²) in [4.78, 5) is 4.53. The Morgan fingerprint density at radius 1 is 1.29 bits per heavy atom. The molecule has 1 aliphatic carbocycles. The van der Waals surface area contributed by atoms with Gasteiger partial charge in [0.25, 0.3) is 0 Å². The van der Waals surface area contributed by atoms with Crippen LogP contribution in [0.3, 0.4) is 0 Å². The average Bonchev–Trinajstić information content (AvgIpc) is 2.53. The monoisotopic (exact) mass is 352 g/mol. The van der Waals surface area contributed by atoms with Crippen LogP contribution in [0.5, 0.6) is 0 Å². The summed E-state index contributed by atoms with van der Waals surface area (Å²) in [6.45, 7) is 2.30. The van der Waals surface area contributed by atoms with Crippen molar-refractivity contribution in [2.75, 3.05) is 7.05 Å². The highest BCUT2D eigenvalue weighted by Crippen LogP contribution is 2.34. The largest absolute Gasteiger partial charge is 0.316 e. The number of halogens is 1. The minimum absolute atomic E-state index is 0.575. The number of rotatable bonds is 7. The number of aromatic nitrogens is 1. The molecule has 0 spiro atoms. The van der Waals surface area contributed by atoms with Crippen LogP contribution in [0, 0.1) is 11.8 Å². The standard InChI is InChI=1S/C18H29BrN2/c1-3-4-5-14-6-8-15(9-7-14)18(20-2)12-17-11-10-16(19)13-21-17/h10-11,13-15,18,20H,3-9,12H2,1-2H3. The van der Waals surface area contributed by atoms with Crippen LogP contribution in [-0.2, 0) is 6.42 Å². The second kappa shape index (κ2) is 8.89. The smallest absolute Gasteiger partial charge is 0.0420 e. The molecule has 0 radical (unpaired) electrons. The SMILES string of the molecule is CCCCC1CCC(C(Cc2ccc(Br)cn2)NC)CC1. The molecular weight excluding hydrogens is 324 g/mol. The van der Waals surface area contributed by atoms with Crippen molar-refractivity contribution < 1.29 is 0 Å². The van der Waals surface area contributed by atoms with Crippen LogP contribution in [0.2, 0.25) is 0 Å². The number of nitrogens with zero attached hydrogens (tertiary/aromatic N) is 1. The number of pyridine rings is 1. The number of hydrogen-bond donors (Lipinski definition) is 1. The van der Waals surface area contributed by atoms with Gasteiger partial charge in [-0.05, 0) is 59.8 Å². The van der Waals surface area contributed by atoms with Crippen molar-refractivity contribution in [3.8, 4) is 0 Å². The molecule has 1 atom stereocenters. The van der Waals surface area contributed by atoms with E-state index in [1.807, 2.05) is 6.20 Å². The summed E-state index contributed by atoms with van der Waals surface area (Å²) >= 11 is 3.45. The Morgan fingerprint density at radius 2 is 2.05 bits per heavy atom. The van der Waals surface area contributed by atoms with Gasteiger partial charge in [-0.1, -0.05) is 39.0 Å². The van der Waals surface area contributed by atoms with Crippen molar-refractivity contribution in [2.24, 2.45) is 11.8 Å². The van der Waals surface area contributed by atoms with Crippen LogP contribution in [0.25, 0.3) is 0 Å². The van der Waals surface area contributed by atoms with Crippen molar-refractivity contribution in [1.29, 1.82) is 0 Å². The van der Waals surface area contributed by atoms with E-state index in [1.165, 1.54) is 50.6 Å². The number of hydrogen-bond acceptors (Lipinski definition) is 2. The Bertz CT molecular complexity index is 396. The Balaban J connectivity index is 1.83. The molecule has 3 heteroatoms. The number of nitrogens with one attached hydrogen (secondary N) is 1. The summed E-state index contributed by atoms with van der Waals surface area (Å²) in [5, 5.41) is 3.54. The summed E-state index contributed by atoms with van der Waals surface area (Å²) in [5.74, 6) is 1.81. The van der Waals surface area contributed by atoms with Crippen molar-refractivity contribution in [1.82, 2.24) is 10.3 Å². The summed E-state index contributed by atoms with van der Waals surface area (Å²) in [7, 11) is 2.10. The molecule has 1 heterocycles. The van der Waals surface area contributed by atoms with Gasteiger partial charge in [-0.2, -0.15) is 0 Å². The van der Waals surface area contributed by atoms with E-state index in [0.29, 0.717) is 6.04 Å². The van der Waals surface area contributed by atoms with E-state index >= 15 is 0 Å². The van der Waals surface area contributed by atoms with E-state index < -0.39 is 0 Å². The van der Waals surface area contributed by atoms with Crippen molar-refractivity contribution >= 4 is 15.9 Å². The van der Waals surface area contributed by atoms with Gasteiger partial charge >= 0.3 is 0 Å². The zero-order valence-corrected chi connectivity index (χ0v) is 15.0.